The first-order chi connectivity index (χ1) is 15.7. The second-order valence-electron chi connectivity index (χ2n) is 8.11. The zero-order valence-electron chi connectivity index (χ0n) is 17.9. The summed E-state index contributed by atoms with van der Waals surface area (Å²) in [4.78, 5) is 18.5. The predicted molar refractivity (Wildman–Crippen MR) is 120 cm³/mol. The molecule has 3 atom stereocenters. The van der Waals surface area contributed by atoms with Crippen molar-refractivity contribution in [2.75, 3.05) is 7.11 Å². The summed E-state index contributed by atoms with van der Waals surface area (Å²) in [6, 6.07) is 12.4. The molecule has 1 saturated heterocycles. The second-order valence-corrected chi connectivity index (χ2v) is 8.11. The topological polar surface area (TPSA) is 94.1 Å². The van der Waals surface area contributed by atoms with Crippen molar-refractivity contribution in [1.82, 2.24) is 31.1 Å². The second kappa shape index (κ2) is 8.88. The molecule has 9 nitrogen and oxygen atoms in total. The maximum Gasteiger partial charge on any atom is 0.220 e. The van der Waals surface area contributed by atoms with Gasteiger partial charge in [-0.05, 0) is 35.7 Å². The van der Waals surface area contributed by atoms with Crippen LogP contribution < -0.4 is 20.9 Å². The Hall–Kier alpha value is -3.59. The lowest BCUT2D eigenvalue weighted by molar-refractivity contribution is -0.121. The van der Waals surface area contributed by atoms with Crippen molar-refractivity contribution in [2.45, 2.75) is 44.1 Å². The summed E-state index contributed by atoms with van der Waals surface area (Å²) in [5.74, 6) is 1.75. The van der Waals surface area contributed by atoms with E-state index in [1.165, 1.54) is 5.56 Å². The van der Waals surface area contributed by atoms with Crippen molar-refractivity contribution in [2.24, 2.45) is 5.10 Å². The number of ether oxygens (including phenoxy) is 1. The fourth-order valence-electron chi connectivity index (χ4n) is 4.38. The average Bonchev–Trinajstić information content (AvgIpc) is 3.46. The van der Waals surface area contributed by atoms with Gasteiger partial charge in [0.05, 0.1) is 19.2 Å². The van der Waals surface area contributed by atoms with E-state index >= 15 is 0 Å². The van der Waals surface area contributed by atoms with E-state index in [1.54, 1.807) is 19.5 Å². The molecule has 0 bridgehead atoms. The van der Waals surface area contributed by atoms with E-state index in [9.17, 15) is 4.79 Å². The van der Waals surface area contributed by atoms with Gasteiger partial charge in [-0.2, -0.15) is 5.10 Å². The van der Waals surface area contributed by atoms with Gasteiger partial charge < -0.3 is 20.0 Å². The normalized spacial score (nSPS) is 23.3. The standard InChI is InChI=1S/C23H27N7O2/c1-32-18-6-4-17(5-7-18)19-13-20-23-27-26-21(29(23)11-12-30(20)28-19)8-9-22(31)25-15-16-3-2-10-24-14-16/h2-7,10-12,14,19-20,23,27-28H,8-9,13,15H2,1H3,(H,25,31). The van der Waals surface area contributed by atoms with E-state index in [4.69, 9.17) is 4.74 Å². The van der Waals surface area contributed by atoms with E-state index < -0.39 is 0 Å². The van der Waals surface area contributed by atoms with Crippen molar-refractivity contribution in [3.8, 4) is 5.75 Å². The molecule has 3 N–H and O–H groups in total. The average molecular weight is 434 g/mol. The Labute approximate surface area is 187 Å². The number of pyridine rings is 1. The fraction of sp³-hybridized carbons (Fsp3) is 0.348. The zero-order valence-corrected chi connectivity index (χ0v) is 17.9. The predicted octanol–water partition coefficient (Wildman–Crippen LogP) is 1.84. The minimum atomic E-state index is 0.00437. The Balaban J connectivity index is 1.14. The van der Waals surface area contributed by atoms with E-state index in [0.29, 0.717) is 19.4 Å². The summed E-state index contributed by atoms with van der Waals surface area (Å²) in [5.41, 5.74) is 9.06. The molecular formula is C23H27N7O2. The number of amides is 1. The number of methoxy groups -OCH3 is 1. The number of carbonyl (C=O) groups excluding carboxylic acids is 1. The number of fused-ring (bicyclic) bond motifs is 3. The minimum Gasteiger partial charge on any atom is -0.497 e. The third-order valence-corrected chi connectivity index (χ3v) is 6.12. The fourth-order valence-corrected chi connectivity index (χ4v) is 4.38. The first-order valence-corrected chi connectivity index (χ1v) is 10.8. The number of benzene rings is 1. The molecule has 3 aliphatic heterocycles. The van der Waals surface area contributed by atoms with Crippen LogP contribution in [0.4, 0.5) is 0 Å². The number of carbonyl (C=O) groups is 1. The number of rotatable bonds is 7. The SMILES string of the molecule is COc1ccc(C2CC3C4NN=C(CCC(=O)NCc5cccnc5)N4C=CN3N2)cc1. The third kappa shape index (κ3) is 4.11. The minimum absolute atomic E-state index is 0.00437. The molecule has 0 saturated carbocycles. The molecule has 3 aliphatic rings. The lowest BCUT2D eigenvalue weighted by atomic mass is 9.99. The molecule has 5 rings (SSSR count). The quantitative estimate of drug-likeness (QED) is 0.613. The molecule has 9 heteroatoms. The summed E-state index contributed by atoms with van der Waals surface area (Å²) < 4.78 is 5.27. The summed E-state index contributed by atoms with van der Waals surface area (Å²) in [7, 11) is 1.68. The molecular weight excluding hydrogens is 406 g/mol. The van der Waals surface area contributed by atoms with Gasteiger partial charge in [0.2, 0.25) is 5.91 Å². The van der Waals surface area contributed by atoms with Gasteiger partial charge in [-0.25, -0.2) is 5.43 Å². The Morgan fingerprint density at radius 3 is 2.91 bits per heavy atom. The van der Waals surface area contributed by atoms with Gasteiger partial charge in [0, 0.05) is 44.2 Å². The highest BCUT2D eigenvalue weighted by Crippen LogP contribution is 2.34. The van der Waals surface area contributed by atoms with Gasteiger partial charge in [-0.3, -0.25) is 15.2 Å². The first kappa shape index (κ1) is 20.3. The monoisotopic (exact) mass is 433 g/mol. The van der Waals surface area contributed by atoms with Crippen LogP contribution in [0.15, 0.2) is 66.3 Å². The van der Waals surface area contributed by atoms with Crippen molar-refractivity contribution < 1.29 is 9.53 Å². The van der Waals surface area contributed by atoms with Crippen LogP contribution in [0.25, 0.3) is 0 Å². The van der Waals surface area contributed by atoms with Crippen molar-refractivity contribution >= 4 is 11.7 Å². The van der Waals surface area contributed by atoms with Crippen LogP contribution in [0, 0.1) is 0 Å². The molecule has 4 heterocycles. The van der Waals surface area contributed by atoms with Crippen molar-refractivity contribution in [1.29, 1.82) is 0 Å². The number of hydrazine groups is 1. The summed E-state index contributed by atoms with van der Waals surface area (Å²) >= 11 is 0. The van der Waals surface area contributed by atoms with Gasteiger partial charge >= 0.3 is 0 Å². The molecule has 166 valence electrons. The smallest absolute Gasteiger partial charge is 0.220 e. The number of nitrogens with zero attached hydrogens (tertiary/aromatic N) is 4. The number of hydrogen-bond acceptors (Lipinski definition) is 8. The number of amidine groups is 1. The van der Waals surface area contributed by atoms with Crippen LogP contribution in [0.2, 0.25) is 0 Å². The zero-order chi connectivity index (χ0) is 21.9. The lowest BCUT2D eigenvalue weighted by Gasteiger charge is -2.37. The maximum absolute atomic E-state index is 12.3. The Kier molecular flexibility index (Phi) is 5.64. The van der Waals surface area contributed by atoms with Crippen LogP contribution in [-0.4, -0.2) is 46.0 Å². The van der Waals surface area contributed by atoms with Gasteiger partial charge in [0.25, 0.3) is 0 Å². The van der Waals surface area contributed by atoms with Gasteiger partial charge in [-0.15, -0.1) is 0 Å². The summed E-state index contributed by atoms with van der Waals surface area (Å²) in [6.07, 6.45) is 9.51. The molecule has 0 spiro atoms. The number of nitrogens with one attached hydrogen (secondary N) is 3. The molecule has 0 aliphatic carbocycles. The molecule has 2 aromatic rings. The third-order valence-electron chi connectivity index (χ3n) is 6.12. The number of aromatic nitrogens is 1. The highest BCUT2D eigenvalue weighted by atomic mass is 16.5. The number of hydrazone groups is 1. The molecule has 3 unspecified atom stereocenters. The van der Waals surface area contributed by atoms with Crippen LogP contribution in [0.3, 0.4) is 0 Å². The molecule has 1 aromatic heterocycles. The molecule has 0 radical (unpaired) electrons. The van der Waals surface area contributed by atoms with Gasteiger partial charge in [-0.1, -0.05) is 18.2 Å². The molecule has 1 fully saturated rings. The van der Waals surface area contributed by atoms with Gasteiger partial charge in [0.1, 0.15) is 17.8 Å². The Bertz CT molecular complexity index is 1010. The Morgan fingerprint density at radius 2 is 2.12 bits per heavy atom. The Morgan fingerprint density at radius 1 is 1.25 bits per heavy atom. The summed E-state index contributed by atoms with van der Waals surface area (Å²) in [5, 5.41) is 9.63. The number of hydrogen-bond donors (Lipinski definition) is 3. The van der Waals surface area contributed by atoms with E-state index in [-0.39, 0.29) is 24.2 Å². The molecule has 32 heavy (non-hydrogen) atoms. The van der Waals surface area contributed by atoms with E-state index in [2.05, 4.69) is 54.5 Å². The highest BCUT2D eigenvalue weighted by Gasteiger charge is 2.44. The lowest BCUT2D eigenvalue weighted by Crippen LogP contribution is -2.54. The molecule has 1 aromatic carbocycles. The van der Waals surface area contributed by atoms with Crippen molar-refractivity contribution in [3.05, 3.63) is 72.3 Å². The van der Waals surface area contributed by atoms with Crippen LogP contribution in [-0.2, 0) is 11.3 Å². The van der Waals surface area contributed by atoms with Gasteiger partial charge in [0.15, 0.2) is 0 Å². The first-order valence-electron chi connectivity index (χ1n) is 10.8. The van der Waals surface area contributed by atoms with Crippen LogP contribution >= 0.6 is 0 Å². The maximum atomic E-state index is 12.3. The van der Waals surface area contributed by atoms with Crippen LogP contribution in [0.5, 0.6) is 5.75 Å². The highest BCUT2D eigenvalue weighted by molar-refractivity contribution is 5.89. The van der Waals surface area contributed by atoms with Crippen LogP contribution in [0.1, 0.15) is 36.4 Å². The van der Waals surface area contributed by atoms with Crippen molar-refractivity contribution in [3.63, 3.8) is 0 Å². The summed E-state index contributed by atoms with van der Waals surface area (Å²) in [6.45, 7) is 0.485. The largest absolute Gasteiger partial charge is 0.497 e. The molecule has 1 amide bonds. The van der Waals surface area contributed by atoms with E-state index in [0.717, 1.165) is 23.6 Å². The van der Waals surface area contributed by atoms with E-state index in [1.807, 2.05) is 30.5 Å².